The van der Waals surface area contributed by atoms with Gasteiger partial charge in [0.1, 0.15) is 11.5 Å². The Kier molecular flexibility index (Phi) is 8.33. The quantitative estimate of drug-likeness (QED) is 0.315. The molecule has 0 radical (unpaired) electrons. The monoisotopic (exact) mass is 487 g/mol. The summed E-state index contributed by atoms with van der Waals surface area (Å²) in [6, 6.07) is 13.5. The summed E-state index contributed by atoms with van der Waals surface area (Å²) in [7, 11) is 0. The molecule has 0 atom stereocenters. The van der Waals surface area contributed by atoms with Crippen LogP contribution < -0.4 is 15.5 Å². The van der Waals surface area contributed by atoms with E-state index in [0.717, 1.165) is 25.1 Å². The van der Waals surface area contributed by atoms with Crippen molar-refractivity contribution in [2.45, 2.75) is 39.7 Å². The van der Waals surface area contributed by atoms with Crippen LogP contribution in [0.4, 0.5) is 10.6 Å². The van der Waals surface area contributed by atoms with E-state index in [1.54, 1.807) is 29.7 Å². The van der Waals surface area contributed by atoms with Gasteiger partial charge in [-0.3, -0.25) is 14.1 Å². The van der Waals surface area contributed by atoms with Crippen molar-refractivity contribution < 1.29 is 9.59 Å². The lowest BCUT2D eigenvalue weighted by Gasteiger charge is -2.22. The molecule has 0 spiro atoms. The third-order valence-electron chi connectivity index (χ3n) is 6.05. The average molecular weight is 488 g/mol. The highest BCUT2D eigenvalue weighted by Gasteiger charge is 2.22. The van der Waals surface area contributed by atoms with Crippen molar-refractivity contribution in [1.29, 1.82) is 0 Å². The van der Waals surface area contributed by atoms with Gasteiger partial charge in [0.05, 0.1) is 17.6 Å². The molecule has 0 aliphatic rings. The Morgan fingerprint density at radius 1 is 1.03 bits per heavy atom. The predicted molar refractivity (Wildman–Crippen MR) is 140 cm³/mol. The number of fused-ring (bicyclic) bond motifs is 1. The van der Waals surface area contributed by atoms with E-state index in [-0.39, 0.29) is 11.9 Å². The van der Waals surface area contributed by atoms with Gasteiger partial charge in [-0.1, -0.05) is 37.3 Å². The van der Waals surface area contributed by atoms with Gasteiger partial charge in [0.2, 0.25) is 0 Å². The number of benzene rings is 1. The summed E-state index contributed by atoms with van der Waals surface area (Å²) in [5, 5.41) is 6.01. The van der Waals surface area contributed by atoms with Crippen molar-refractivity contribution in [3.63, 3.8) is 0 Å². The van der Waals surface area contributed by atoms with Crippen LogP contribution >= 0.6 is 0 Å². The van der Waals surface area contributed by atoms with Crippen LogP contribution in [0.2, 0.25) is 0 Å². The molecule has 2 N–H and O–H groups in total. The molecule has 0 fully saturated rings. The number of urea groups is 1. The second kappa shape index (κ2) is 12.0. The third kappa shape index (κ3) is 5.91. The number of aryl methyl sites for hydroxylation is 2. The molecular formula is C27H33N7O2. The SMILES string of the molecule is CCc1nc2ccc(C(=O)NCCCn3ccnc3)cn2c1N(CC)C(=O)NCCc1ccccc1. The zero-order chi connectivity index (χ0) is 25.3. The third-order valence-corrected chi connectivity index (χ3v) is 6.05. The van der Waals surface area contributed by atoms with E-state index in [4.69, 9.17) is 4.98 Å². The fourth-order valence-electron chi connectivity index (χ4n) is 4.17. The van der Waals surface area contributed by atoms with Crippen LogP contribution in [0, 0.1) is 0 Å². The zero-order valence-corrected chi connectivity index (χ0v) is 20.9. The van der Waals surface area contributed by atoms with Crippen LogP contribution in [-0.2, 0) is 19.4 Å². The molecule has 3 aromatic heterocycles. The molecule has 3 heterocycles. The van der Waals surface area contributed by atoms with Crippen LogP contribution in [0.5, 0.6) is 0 Å². The van der Waals surface area contributed by atoms with E-state index in [1.165, 1.54) is 5.56 Å². The first kappa shape index (κ1) is 25.0. The van der Waals surface area contributed by atoms with Gasteiger partial charge in [0, 0.05) is 44.8 Å². The summed E-state index contributed by atoms with van der Waals surface area (Å²) in [4.78, 5) is 36.4. The lowest BCUT2D eigenvalue weighted by molar-refractivity contribution is 0.0952. The molecule has 9 heteroatoms. The van der Waals surface area contributed by atoms with E-state index in [0.29, 0.717) is 43.1 Å². The molecule has 4 rings (SSSR count). The Balaban J connectivity index is 1.46. The highest BCUT2D eigenvalue weighted by molar-refractivity contribution is 5.95. The van der Waals surface area contributed by atoms with Crippen LogP contribution in [0.3, 0.4) is 0 Å². The number of hydrogen-bond acceptors (Lipinski definition) is 4. The minimum atomic E-state index is -0.181. The molecule has 4 aromatic rings. The molecule has 36 heavy (non-hydrogen) atoms. The number of anilines is 1. The molecule has 0 aliphatic carbocycles. The van der Waals surface area contributed by atoms with Crippen molar-refractivity contribution >= 4 is 23.4 Å². The Bertz CT molecular complexity index is 1280. The predicted octanol–water partition coefficient (Wildman–Crippen LogP) is 3.69. The second-order valence-corrected chi connectivity index (χ2v) is 8.50. The number of rotatable bonds is 11. The van der Waals surface area contributed by atoms with Gasteiger partial charge in [-0.25, -0.2) is 14.8 Å². The number of nitrogens with zero attached hydrogens (tertiary/aromatic N) is 5. The lowest BCUT2D eigenvalue weighted by atomic mass is 10.1. The zero-order valence-electron chi connectivity index (χ0n) is 20.9. The van der Waals surface area contributed by atoms with Crippen molar-refractivity contribution in [3.05, 3.63) is 84.2 Å². The number of pyridine rings is 1. The summed E-state index contributed by atoms with van der Waals surface area (Å²) in [5.74, 6) is 0.539. The summed E-state index contributed by atoms with van der Waals surface area (Å²) in [6.45, 7) is 6.30. The van der Waals surface area contributed by atoms with Gasteiger partial charge in [0.25, 0.3) is 5.91 Å². The van der Waals surface area contributed by atoms with Gasteiger partial charge in [-0.15, -0.1) is 0 Å². The molecule has 0 bridgehead atoms. The lowest BCUT2D eigenvalue weighted by Crippen LogP contribution is -2.41. The molecule has 0 saturated heterocycles. The second-order valence-electron chi connectivity index (χ2n) is 8.50. The molecule has 0 aliphatic heterocycles. The average Bonchev–Trinajstić information content (AvgIpc) is 3.55. The molecular weight excluding hydrogens is 454 g/mol. The number of nitrogens with one attached hydrogen (secondary N) is 2. The maximum Gasteiger partial charge on any atom is 0.323 e. The standard InChI is InChI=1S/C27H33N7O2/c1-3-23-26(33(4-2)27(36)30-15-13-21-9-6-5-7-10-21)34-19-22(11-12-24(34)31-23)25(35)29-14-8-17-32-18-16-28-20-32/h5-7,9-12,16,18-20H,3-4,8,13-15,17H2,1-2H3,(H,29,35)(H,30,36). The van der Waals surface area contributed by atoms with Crippen molar-refractivity contribution in [2.75, 3.05) is 24.5 Å². The number of carbonyl (C=O) groups excluding carboxylic acids is 2. The molecule has 1 aromatic carbocycles. The van der Waals surface area contributed by atoms with E-state index in [1.807, 2.05) is 65.4 Å². The van der Waals surface area contributed by atoms with Crippen molar-refractivity contribution in [3.8, 4) is 0 Å². The van der Waals surface area contributed by atoms with E-state index >= 15 is 0 Å². The van der Waals surface area contributed by atoms with Gasteiger partial charge >= 0.3 is 6.03 Å². The Hall–Kier alpha value is -4.14. The summed E-state index contributed by atoms with van der Waals surface area (Å²) in [5.41, 5.74) is 3.21. The topological polar surface area (TPSA) is 96.6 Å². The first-order valence-corrected chi connectivity index (χ1v) is 12.4. The van der Waals surface area contributed by atoms with Crippen LogP contribution in [0.1, 0.15) is 41.9 Å². The number of carbonyl (C=O) groups is 2. The molecule has 188 valence electrons. The maximum atomic E-state index is 13.2. The Morgan fingerprint density at radius 3 is 2.58 bits per heavy atom. The Morgan fingerprint density at radius 2 is 1.86 bits per heavy atom. The van der Waals surface area contributed by atoms with Gasteiger partial charge in [-0.05, 0) is 43.9 Å². The summed E-state index contributed by atoms with van der Waals surface area (Å²) in [6.07, 6.45) is 9.39. The highest BCUT2D eigenvalue weighted by atomic mass is 16.2. The number of hydrogen-bond donors (Lipinski definition) is 2. The molecule has 3 amide bonds. The van der Waals surface area contributed by atoms with Crippen molar-refractivity contribution in [1.82, 2.24) is 29.6 Å². The van der Waals surface area contributed by atoms with Crippen LogP contribution in [-0.4, -0.2) is 50.5 Å². The first-order valence-electron chi connectivity index (χ1n) is 12.4. The number of amides is 3. The summed E-state index contributed by atoms with van der Waals surface area (Å²) < 4.78 is 3.83. The van der Waals surface area contributed by atoms with E-state index in [2.05, 4.69) is 15.6 Å². The highest BCUT2D eigenvalue weighted by Crippen LogP contribution is 2.24. The van der Waals surface area contributed by atoms with E-state index in [9.17, 15) is 9.59 Å². The fourth-order valence-corrected chi connectivity index (χ4v) is 4.17. The van der Waals surface area contributed by atoms with Crippen LogP contribution in [0.25, 0.3) is 5.65 Å². The van der Waals surface area contributed by atoms with Gasteiger partial charge in [-0.2, -0.15) is 0 Å². The van der Waals surface area contributed by atoms with Gasteiger partial charge in [0.15, 0.2) is 0 Å². The summed E-state index contributed by atoms with van der Waals surface area (Å²) >= 11 is 0. The molecule has 0 saturated carbocycles. The Labute approximate surface area is 211 Å². The molecule has 9 nitrogen and oxygen atoms in total. The minimum absolute atomic E-state index is 0.157. The molecule has 0 unspecified atom stereocenters. The van der Waals surface area contributed by atoms with Crippen LogP contribution in [0.15, 0.2) is 67.4 Å². The van der Waals surface area contributed by atoms with Gasteiger partial charge < -0.3 is 15.2 Å². The largest absolute Gasteiger partial charge is 0.352 e. The van der Waals surface area contributed by atoms with E-state index < -0.39 is 0 Å². The van der Waals surface area contributed by atoms with Crippen molar-refractivity contribution in [2.24, 2.45) is 0 Å². The normalized spacial score (nSPS) is 10.9. The first-order chi connectivity index (χ1) is 17.6. The number of aromatic nitrogens is 4. The maximum absolute atomic E-state index is 13.2. The number of imidazole rings is 2. The fraction of sp³-hybridized carbons (Fsp3) is 0.333. The minimum Gasteiger partial charge on any atom is -0.352 e. The smallest absolute Gasteiger partial charge is 0.323 e.